The van der Waals surface area contributed by atoms with Crippen molar-refractivity contribution < 1.29 is 19.0 Å². The number of aliphatic hydroxyl groups is 1. The highest BCUT2D eigenvalue weighted by atomic mass is 19.1. The fraction of sp³-hybridized carbons (Fsp3) is 0.182. The molecule has 0 unspecified atom stereocenters. The van der Waals surface area contributed by atoms with E-state index in [1.165, 1.54) is 7.11 Å². The van der Waals surface area contributed by atoms with E-state index in [9.17, 15) is 9.18 Å². The second kappa shape index (κ2) is 5.26. The van der Waals surface area contributed by atoms with Crippen LogP contribution in [0.3, 0.4) is 0 Å². The van der Waals surface area contributed by atoms with Crippen molar-refractivity contribution in [1.82, 2.24) is 0 Å². The van der Waals surface area contributed by atoms with Gasteiger partial charge in [0.2, 0.25) is 5.78 Å². The predicted molar refractivity (Wildman–Crippen MR) is 54.2 cm³/mol. The Balaban J connectivity index is 2.84. The zero-order valence-electron chi connectivity index (χ0n) is 8.24. The molecule has 0 heterocycles. The maximum Gasteiger partial charge on any atom is 0.216 e. The third kappa shape index (κ3) is 3.18. The van der Waals surface area contributed by atoms with Crippen LogP contribution in [0.5, 0.6) is 5.75 Å². The van der Waals surface area contributed by atoms with Crippen LogP contribution in [0, 0.1) is 0 Å². The number of ketones is 1. The van der Waals surface area contributed by atoms with Crippen LogP contribution < -0.4 is 4.74 Å². The van der Waals surface area contributed by atoms with Gasteiger partial charge in [-0.1, -0.05) is 12.1 Å². The molecule has 0 amide bonds. The highest BCUT2D eigenvalue weighted by Gasteiger charge is 2.06. The number of rotatable bonds is 4. The minimum absolute atomic E-state index is 0.537. The Morgan fingerprint density at radius 1 is 1.47 bits per heavy atom. The third-order valence-corrected chi connectivity index (χ3v) is 1.82. The van der Waals surface area contributed by atoms with Gasteiger partial charge >= 0.3 is 0 Å². The van der Waals surface area contributed by atoms with Gasteiger partial charge in [-0.05, 0) is 23.8 Å². The summed E-state index contributed by atoms with van der Waals surface area (Å²) in [6.07, 6.45) is 1.07. The summed E-state index contributed by atoms with van der Waals surface area (Å²) < 4.78 is 17.9. The summed E-state index contributed by atoms with van der Waals surface area (Å²) in [7, 11) is 1.53. The number of hydrogen-bond donors (Lipinski definition) is 1. The Morgan fingerprint density at radius 2 is 2.07 bits per heavy atom. The first-order valence-electron chi connectivity index (χ1n) is 4.32. The van der Waals surface area contributed by atoms with Crippen molar-refractivity contribution in [2.24, 2.45) is 0 Å². The lowest BCUT2D eigenvalue weighted by Crippen LogP contribution is -2.03. The van der Waals surface area contributed by atoms with Crippen molar-refractivity contribution in [2.75, 3.05) is 13.7 Å². The number of halogens is 1. The number of carbonyl (C=O) groups excluding carboxylic acids is 1. The van der Waals surface area contributed by atoms with E-state index in [1.54, 1.807) is 24.3 Å². The zero-order chi connectivity index (χ0) is 11.3. The standard InChI is InChI=1S/C11H11FO3/c1-15-9-4-2-8(3-5-9)6-10(12)11(14)7-13/h2-6,13H,7H2,1H3/b10-6-. The minimum atomic E-state index is -0.956. The van der Waals surface area contributed by atoms with E-state index in [1.807, 2.05) is 0 Å². The average Bonchev–Trinajstić information content (AvgIpc) is 2.29. The van der Waals surface area contributed by atoms with Gasteiger partial charge in [0.15, 0.2) is 5.83 Å². The second-order valence-corrected chi connectivity index (χ2v) is 2.85. The molecule has 1 rings (SSSR count). The molecule has 0 bridgehead atoms. The maximum absolute atomic E-state index is 13.0. The fourth-order valence-corrected chi connectivity index (χ4v) is 1.00. The van der Waals surface area contributed by atoms with Gasteiger partial charge in [0.05, 0.1) is 7.11 Å². The van der Waals surface area contributed by atoms with Crippen LogP contribution in [0.4, 0.5) is 4.39 Å². The molecule has 0 radical (unpaired) electrons. The summed E-state index contributed by atoms with van der Waals surface area (Å²) in [5.41, 5.74) is 0.537. The van der Waals surface area contributed by atoms with Crippen molar-refractivity contribution in [3.05, 3.63) is 35.7 Å². The fourth-order valence-electron chi connectivity index (χ4n) is 1.00. The van der Waals surface area contributed by atoms with Crippen LogP contribution in [0.1, 0.15) is 5.56 Å². The van der Waals surface area contributed by atoms with Crippen molar-refractivity contribution in [2.45, 2.75) is 0 Å². The van der Waals surface area contributed by atoms with Gasteiger partial charge < -0.3 is 9.84 Å². The molecule has 1 aromatic rings. The van der Waals surface area contributed by atoms with E-state index in [2.05, 4.69) is 0 Å². The number of benzene rings is 1. The number of ether oxygens (including phenoxy) is 1. The molecule has 1 N–H and O–H groups in total. The van der Waals surface area contributed by atoms with Gasteiger partial charge in [0, 0.05) is 0 Å². The van der Waals surface area contributed by atoms with Crippen molar-refractivity contribution in [3.63, 3.8) is 0 Å². The first-order chi connectivity index (χ1) is 7.17. The Hall–Kier alpha value is -1.68. The number of methoxy groups -OCH3 is 1. The lowest BCUT2D eigenvalue weighted by atomic mass is 10.2. The molecule has 0 saturated heterocycles. The van der Waals surface area contributed by atoms with E-state index >= 15 is 0 Å². The summed E-state index contributed by atoms with van der Waals surface area (Å²) in [6.45, 7) is -0.821. The Morgan fingerprint density at radius 3 is 2.53 bits per heavy atom. The molecular weight excluding hydrogens is 199 g/mol. The third-order valence-electron chi connectivity index (χ3n) is 1.82. The lowest BCUT2D eigenvalue weighted by molar-refractivity contribution is -0.119. The van der Waals surface area contributed by atoms with Crippen LogP contribution in [-0.2, 0) is 4.79 Å². The molecule has 0 atom stereocenters. The van der Waals surface area contributed by atoms with Crippen molar-refractivity contribution >= 4 is 11.9 Å². The smallest absolute Gasteiger partial charge is 0.216 e. The second-order valence-electron chi connectivity index (χ2n) is 2.85. The summed E-state index contributed by atoms with van der Waals surface area (Å²) in [4.78, 5) is 10.7. The number of aliphatic hydroxyl groups excluding tert-OH is 1. The highest BCUT2D eigenvalue weighted by molar-refractivity contribution is 5.98. The molecule has 0 aromatic heterocycles. The summed E-state index contributed by atoms with van der Waals surface area (Å²) in [5, 5.41) is 8.42. The molecular formula is C11H11FO3. The summed E-state index contributed by atoms with van der Waals surface area (Å²) >= 11 is 0. The molecule has 0 aliphatic heterocycles. The van der Waals surface area contributed by atoms with Gasteiger partial charge in [-0.15, -0.1) is 0 Å². The van der Waals surface area contributed by atoms with E-state index in [0.29, 0.717) is 11.3 Å². The monoisotopic (exact) mass is 210 g/mol. The SMILES string of the molecule is COc1ccc(/C=C(\F)C(=O)CO)cc1. The molecule has 0 saturated carbocycles. The Labute approximate surface area is 86.8 Å². The van der Waals surface area contributed by atoms with Crippen LogP contribution >= 0.6 is 0 Å². The van der Waals surface area contributed by atoms with Gasteiger partial charge in [0.25, 0.3) is 0 Å². The molecule has 0 aliphatic carbocycles. The van der Waals surface area contributed by atoms with Crippen LogP contribution in [0.25, 0.3) is 6.08 Å². The quantitative estimate of drug-likeness (QED) is 0.767. The van der Waals surface area contributed by atoms with Gasteiger partial charge in [0.1, 0.15) is 12.4 Å². The van der Waals surface area contributed by atoms with Crippen molar-refractivity contribution in [1.29, 1.82) is 0 Å². The van der Waals surface area contributed by atoms with E-state index in [4.69, 9.17) is 9.84 Å². The summed E-state index contributed by atoms with van der Waals surface area (Å²) in [5.74, 6) is -1.23. The first-order valence-corrected chi connectivity index (χ1v) is 4.32. The first kappa shape index (κ1) is 11.4. The summed E-state index contributed by atoms with van der Waals surface area (Å²) in [6, 6.07) is 6.54. The van der Waals surface area contributed by atoms with E-state index < -0.39 is 18.2 Å². The lowest BCUT2D eigenvalue weighted by Gasteiger charge is -1.99. The Bertz CT molecular complexity index is 368. The normalized spacial score (nSPS) is 11.3. The molecule has 0 aliphatic rings. The molecule has 1 aromatic carbocycles. The van der Waals surface area contributed by atoms with Crippen molar-refractivity contribution in [3.8, 4) is 5.75 Å². The molecule has 80 valence electrons. The van der Waals surface area contributed by atoms with Crippen LogP contribution in [0.2, 0.25) is 0 Å². The van der Waals surface area contributed by atoms with Gasteiger partial charge in [-0.2, -0.15) is 0 Å². The predicted octanol–water partition coefficient (Wildman–Crippen LogP) is 1.57. The molecule has 0 spiro atoms. The molecule has 15 heavy (non-hydrogen) atoms. The molecule has 3 nitrogen and oxygen atoms in total. The van der Waals surface area contributed by atoms with Crippen LogP contribution in [0.15, 0.2) is 30.1 Å². The number of hydrogen-bond acceptors (Lipinski definition) is 3. The zero-order valence-corrected chi connectivity index (χ0v) is 8.24. The average molecular weight is 210 g/mol. The molecule has 0 fully saturated rings. The van der Waals surface area contributed by atoms with Gasteiger partial charge in [-0.25, -0.2) is 4.39 Å². The maximum atomic E-state index is 13.0. The minimum Gasteiger partial charge on any atom is -0.497 e. The Kier molecular flexibility index (Phi) is 4.00. The van der Waals surface area contributed by atoms with Crippen LogP contribution in [-0.4, -0.2) is 24.6 Å². The number of Topliss-reactive ketones (excluding diaryl/α,β-unsaturated/α-hetero) is 1. The van der Waals surface area contributed by atoms with E-state index in [-0.39, 0.29) is 0 Å². The molecule has 4 heteroatoms. The topological polar surface area (TPSA) is 46.5 Å². The highest BCUT2D eigenvalue weighted by Crippen LogP contribution is 2.14. The van der Waals surface area contributed by atoms with Gasteiger partial charge in [-0.3, -0.25) is 4.79 Å². The number of carbonyl (C=O) groups is 1. The largest absolute Gasteiger partial charge is 0.497 e. The van der Waals surface area contributed by atoms with E-state index in [0.717, 1.165) is 6.08 Å².